The van der Waals surface area contributed by atoms with Gasteiger partial charge >= 0.3 is 0 Å². The molecule has 0 amide bonds. The van der Waals surface area contributed by atoms with Gasteiger partial charge in [-0.2, -0.15) is 0 Å². The molecule has 0 radical (unpaired) electrons. The van der Waals surface area contributed by atoms with E-state index in [1.165, 1.54) is 7.11 Å². The van der Waals surface area contributed by atoms with E-state index in [0.717, 1.165) is 6.26 Å². The minimum absolute atomic E-state index is 0.0590. The molecule has 6 heteroatoms. The van der Waals surface area contributed by atoms with E-state index in [1.807, 2.05) is 0 Å². The van der Waals surface area contributed by atoms with E-state index >= 15 is 0 Å². The maximum Gasteiger partial charge on any atom is 0.209 e. The molecule has 74 valence electrons. The van der Waals surface area contributed by atoms with Gasteiger partial charge in [-0.3, -0.25) is 0 Å². The molecular formula is C6H15NO4S. The summed E-state index contributed by atoms with van der Waals surface area (Å²) in [5, 5.41) is 8.57. The van der Waals surface area contributed by atoms with Gasteiger partial charge in [0.15, 0.2) is 0 Å². The number of rotatable bonds is 6. The molecule has 12 heavy (non-hydrogen) atoms. The molecule has 0 saturated heterocycles. The van der Waals surface area contributed by atoms with Crippen LogP contribution in [0.4, 0.5) is 0 Å². The first-order valence-corrected chi connectivity index (χ1v) is 5.46. The van der Waals surface area contributed by atoms with Gasteiger partial charge in [0, 0.05) is 19.8 Å². The Hall–Kier alpha value is -0.170. The quantitative estimate of drug-likeness (QED) is 0.568. The smallest absolute Gasteiger partial charge is 0.209 e. The third-order valence-corrected chi connectivity index (χ3v) is 1.99. The van der Waals surface area contributed by atoms with Crippen molar-refractivity contribution in [2.75, 3.05) is 26.6 Å². The Morgan fingerprint density at radius 3 is 2.50 bits per heavy atom. The molecule has 0 aliphatic carbocycles. The summed E-state index contributed by atoms with van der Waals surface area (Å²) in [6, 6.07) is -0.338. The molecule has 0 saturated carbocycles. The van der Waals surface area contributed by atoms with E-state index in [1.54, 1.807) is 0 Å². The lowest BCUT2D eigenvalue weighted by Crippen LogP contribution is -2.37. The Kier molecular flexibility index (Phi) is 5.39. The highest BCUT2D eigenvalue weighted by Gasteiger charge is 2.12. The fraction of sp³-hybridized carbons (Fsp3) is 1.00. The first kappa shape index (κ1) is 11.8. The molecule has 0 aliphatic rings. The summed E-state index contributed by atoms with van der Waals surface area (Å²) < 4.78 is 28.6. The van der Waals surface area contributed by atoms with Crippen LogP contribution < -0.4 is 4.72 Å². The van der Waals surface area contributed by atoms with Crippen molar-refractivity contribution in [1.29, 1.82) is 0 Å². The van der Waals surface area contributed by atoms with Gasteiger partial charge in [0.25, 0.3) is 0 Å². The number of hydrogen-bond acceptors (Lipinski definition) is 4. The van der Waals surface area contributed by atoms with Crippen LogP contribution in [0.3, 0.4) is 0 Å². The lowest BCUT2D eigenvalue weighted by molar-refractivity contribution is 0.158. The van der Waals surface area contributed by atoms with E-state index in [2.05, 4.69) is 4.72 Å². The monoisotopic (exact) mass is 197 g/mol. The predicted octanol–water partition coefficient (Wildman–Crippen LogP) is -1.07. The van der Waals surface area contributed by atoms with Crippen LogP contribution in [-0.4, -0.2) is 46.1 Å². The summed E-state index contributed by atoms with van der Waals surface area (Å²) in [4.78, 5) is 0. The third-order valence-electron chi connectivity index (χ3n) is 1.23. The molecule has 2 N–H and O–H groups in total. The second kappa shape index (κ2) is 5.47. The van der Waals surface area contributed by atoms with Gasteiger partial charge in [-0.15, -0.1) is 0 Å². The highest BCUT2D eigenvalue weighted by Crippen LogP contribution is 1.93. The average molecular weight is 197 g/mol. The number of aliphatic hydroxyl groups excluding tert-OH is 1. The van der Waals surface area contributed by atoms with Gasteiger partial charge in [-0.25, -0.2) is 13.1 Å². The average Bonchev–Trinajstić information content (AvgIpc) is 1.84. The number of sulfonamides is 1. The molecule has 0 aromatic carbocycles. The van der Waals surface area contributed by atoms with Crippen LogP contribution in [0.15, 0.2) is 0 Å². The summed E-state index contributed by atoms with van der Waals surface area (Å²) in [5.74, 6) is 0. The van der Waals surface area contributed by atoms with Gasteiger partial charge in [0.05, 0.1) is 12.9 Å². The molecule has 0 fully saturated rings. The Morgan fingerprint density at radius 2 is 2.17 bits per heavy atom. The van der Waals surface area contributed by atoms with Crippen molar-refractivity contribution in [3.05, 3.63) is 0 Å². The molecular weight excluding hydrogens is 182 g/mol. The van der Waals surface area contributed by atoms with E-state index < -0.39 is 10.0 Å². The van der Waals surface area contributed by atoms with E-state index in [0.29, 0.717) is 6.42 Å². The van der Waals surface area contributed by atoms with Crippen molar-refractivity contribution in [3.63, 3.8) is 0 Å². The SMILES string of the molecule is COCC(CCO)NS(C)(=O)=O. The normalized spacial score (nSPS) is 14.6. The Labute approximate surface area is 72.8 Å². The number of hydrogen-bond donors (Lipinski definition) is 2. The first-order chi connectivity index (χ1) is 5.49. The molecule has 0 aliphatic heterocycles. The Balaban J connectivity index is 3.95. The molecule has 5 nitrogen and oxygen atoms in total. The second-order valence-electron chi connectivity index (χ2n) is 2.55. The number of nitrogens with one attached hydrogen (secondary N) is 1. The summed E-state index contributed by atoms with van der Waals surface area (Å²) in [6.45, 7) is 0.212. The predicted molar refractivity (Wildman–Crippen MR) is 45.3 cm³/mol. The summed E-state index contributed by atoms with van der Waals surface area (Å²) >= 11 is 0. The van der Waals surface area contributed by atoms with Crippen molar-refractivity contribution in [1.82, 2.24) is 4.72 Å². The maximum absolute atomic E-state index is 10.7. The molecule has 0 heterocycles. The maximum atomic E-state index is 10.7. The highest BCUT2D eigenvalue weighted by molar-refractivity contribution is 7.88. The highest BCUT2D eigenvalue weighted by atomic mass is 32.2. The van der Waals surface area contributed by atoms with E-state index in [4.69, 9.17) is 9.84 Å². The van der Waals surface area contributed by atoms with Crippen LogP contribution in [0.25, 0.3) is 0 Å². The standard InChI is InChI=1S/C6H15NO4S/c1-11-5-6(3-4-8)7-12(2,9)10/h6-8H,3-5H2,1-2H3. The molecule has 0 aromatic heterocycles. The topological polar surface area (TPSA) is 75.6 Å². The van der Waals surface area contributed by atoms with Gasteiger partial charge < -0.3 is 9.84 Å². The second-order valence-corrected chi connectivity index (χ2v) is 4.33. The largest absolute Gasteiger partial charge is 0.396 e. The molecule has 1 atom stereocenters. The summed E-state index contributed by atoms with van der Waals surface area (Å²) in [7, 11) is -1.73. The van der Waals surface area contributed by atoms with E-state index in [9.17, 15) is 8.42 Å². The lowest BCUT2D eigenvalue weighted by atomic mass is 10.2. The van der Waals surface area contributed by atoms with Crippen LogP contribution >= 0.6 is 0 Å². The molecule has 0 bridgehead atoms. The van der Waals surface area contributed by atoms with Crippen molar-refractivity contribution in [2.45, 2.75) is 12.5 Å². The number of aliphatic hydroxyl groups is 1. The molecule has 1 unspecified atom stereocenters. The fourth-order valence-corrected chi connectivity index (χ4v) is 1.63. The summed E-state index contributed by atoms with van der Waals surface area (Å²) in [5.41, 5.74) is 0. The third kappa shape index (κ3) is 6.53. The molecule has 0 rings (SSSR count). The van der Waals surface area contributed by atoms with Gasteiger partial charge in [-0.05, 0) is 6.42 Å². The lowest BCUT2D eigenvalue weighted by Gasteiger charge is -2.14. The fourth-order valence-electron chi connectivity index (χ4n) is 0.836. The zero-order chi connectivity index (χ0) is 9.61. The Morgan fingerprint density at radius 1 is 1.58 bits per heavy atom. The molecule has 0 spiro atoms. The zero-order valence-electron chi connectivity index (χ0n) is 7.28. The minimum atomic E-state index is -3.21. The summed E-state index contributed by atoms with van der Waals surface area (Å²) in [6.07, 6.45) is 1.44. The Bertz CT molecular complexity index is 196. The van der Waals surface area contributed by atoms with Gasteiger partial charge in [-0.1, -0.05) is 0 Å². The van der Waals surface area contributed by atoms with Crippen LogP contribution in [-0.2, 0) is 14.8 Å². The van der Waals surface area contributed by atoms with Crippen LogP contribution in [0.5, 0.6) is 0 Å². The number of ether oxygens (including phenoxy) is 1. The van der Waals surface area contributed by atoms with Crippen LogP contribution in [0.2, 0.25) is 0 Å². The van der Waals surface area contributed by atoms with Gasteiger partial charge in [0.2, 0.25) is 10.0 Å². The zero-order valence-corrected chi connectivity index (χ0v) is 8.10. The number of methoxy groups -OCH3 is 1. The van der Waals surface area contributed by atoms with Crippen molar-refractivity contribution in [2.24, 2.45) is 0 Å². The minimum Gasteiger partial charge on any atom is -0.396 e. The van der Waals surface area contributed by atoms with E-state index in [-0.39, 0.29) is 19.3 Å². The molecule has 0 aromatic rings. The van der Waals surface area contributed by atoms with Crippen LogP contribution in [0.1, 0.15) is 6.42 Å². The van der Waals surface area contributed by atoms with Crippen LogP contribution in [0, 0.1) is 0 Å². The van der Waals surface area contributed by atoms with Crippen molar-refractivity contribution in [3.8, 4) is 0 Å². The van der Waals surface area contributed by atoms with Crippen molar-refractivity contribution < 1.29 is 18.3 Å². The first-order valence-electron chi connectivity index (χ1n) is 3.56. The van der Waals surface area contributed by atoms with Gasteiger partial charge in [0.1, 0.15) is 0 Å². The van der Waals surface area contributed by atoms with Crippen molar-refractivity contribution >= 4 is 10.0 Å².